The number of aryl methyl sites for hydroxylation is 1. The Bertz CT molecular complexity index is 1010. The fourth-order valence-electron chi connectivity index (χ4n) is 3.90. The molecular formula is C23H25ClN4O. The molecule has 0 unspecified atom stereocenters. The summed E-state index contributed by atoms with van der Waals surface area (Å²) in [5.41, 5.74) is 5.09. The number of nitrogens with zero attached hydrogens (tertiary/aromatic N) is 4. The number of piperazine rings is 1. The lowest BCUT2D eigenvalue weighted by molar-refractivity contribution is -0.130. The number of anilines is 1. The predicted octanol–water partition coefficient (Wildman–Crippen LogP) is 4.03. The van der Waals surface area contributed by atoms with Crippen LogP contribution in [0.3, 0.4) is 0 Å². The molecule has 4 rings (SSSR count). The van der Waals surface area contributed by atoms with E-state index in [2.05, 4.69) is 16.1 Å². The summed E-state index contributed by atoms with van der Waals surface area (Å²) in [5.74, 6) is 0.162. The standard InChI is InChI=1S/C23H25ClN4O/c1-17-22(18(2)28(25-17)20-8-4-3-5-9-20)16-23(29)27-13-11-26(12-14-27)21-10-6-7-19(24)15-21/h3-10,15H,11-14,16H2,1-2H3. The minimum atomic E-state index is 0.162. The molecule has 0 spiro atoms. The first kappa shape index (κ1) is 19.5. The molecule has 0 atom stereocenters. The molecular weight excluding hydrogens is 384 g/mol. The molecule has 1 aliphatic rings. The molecule has 29 heavy (non-hydrogen) atoms. The molecule has 6 heteroatoms. The molecule has 1 amide bonds. The molecule has 3 aromatic rings. The first-order valence-electron chi connectivity index (χ1n) is 9.92. The highest BCUT2D eigenvalue weighted by Crippen LogP contribution is 2.22. The number of carbonyl (C=O) groups is 1. The van der Waals surface area contributed by atoms with Crippen LogP contribution in [0.2, 0.25) is 5.02 Å². The maximum atomic E-state index is 13.0. The Kier molecular flexibility index (Phi) is 5.58. The van der Waals surface area contributed by atoms with E-state index in [4.69, 9.17) is 11.6 Å². The van der Waals surface area contributed by atoms with Gasteiger partial charge in [0.15, 0.2) is 0 Å². The van der Waals surface area contributed by atoms with Crippen molar-refractivity contribution in [2.45, 2.75) is 20.3 Å². The highest BCUT2D eigenvalue weighted by molar-refractivity contribution is 6.30. The van der Waals surface area contributed by atoms with E-state index in [1.807, 2.05) is 72.0 Å². The molecule has 0 aliphatic carbocycles. The van der Waals surface area contributed by atoms with E-state index in [0.717, 1.165) is 59.5 Å². The minimum Gasteiger partial charge on any atom is -0.368 e. The monoisotopic (exact) mass is 408 g/mol. The second-order valence-corrected chi connectivity index (χ2v) is 7.86. The molecule has 5 nitrogen and oxygen atoms in total. The first-order valence-corrected chi connectivity index (χ1v) is 10.3. The Labute approximate surface area is 176 Å². The second kappa shape index (κ2) is 8.29. The van der Waals surface area contributed by atoms with Crippen molar-refractivity contribution in [1.29, 1.82) is 0 Å². The zero-order valence-corrected chi connectivity index (χ0v) is 17.6. The van der Waals surface area contributed by atoms with E-state index >= 15 is 0 Å². The topological polar surface area (TPSA) is 41.4 Å². The van der Waals surface area contributed by atoms with Crippen LogP contribution in [0.4, 0.5) is 5.69 Å². The van der Waals surface area contributed by atoms with E-state index in [9.17, 15) is 4.79 Å². The van der Waals surface area contributed by atoms with Crippen LogP contribution in [0, 0.1) is 13.8 Å². The van der Waals surface area contributed by atoms with Gasteiger partial charge in [-0.15, -0.1) is 0 Å². The third-order valence-electron chi connectivity index (χ3n) is 5.58. The van der Waals surface area contributed by atoms with Crippen LogP contribution < -0.4 is 4.90 Å². The van der Waals surface area contributed by atoms with Crippen molar-refractivity contribution in [3.8, 4) is 5.69 Å². The van der Waals surface area contributed by atoms with E-state index in [1.54, 1.807) is 0 Å². The number of aromatic nitrogens is 2. The van der Waals surface area contributed by atoms with Gasteiger partial charge in [0.25, 0.3) is 0 Å². The SMILES string of the molecule is Cc1nn(-c2ccccc2)c(C)c1CC(=O)N1CCN(c2cccc(Cl)c2)CC1. The molecule has 2 heterocycles. The fourth-order valence-corrected chi connectivity index (χ4v) is 4.09. The maximum absolute atomic E-state index is 13.0. The smallest absolute Gasteiger partial charge is 0.227 e. The average molecular weight is 409 g/mol. The summed E-state index contributed by atoms with van der Waals surface area (Å²) in [6.45, 7) is 7.08. The van der Waals surface area contributed by atoms with Gasteiger partial charge in [0, 0.05) is 48.1 Å². The van der Waals surface area contributed by atoms with Gasteiger partial charge in [-0.25, -0.2) is 4.68 Å². The quantitative estimate of drug-likeness (QED) is 0.654. The first-order chi connectivity index (χ1) is 14.0. The average Bonchev–Trinajstić information content (AvgIpc) is 3.03. The summed E-state index contributed by atoms with van der Waals surface area (Å²) in [4.78, 5) is 17.2. The molecule has 0 saturated carbocycles. The van der Waals surface area contributed by atoms with Crippen LogP contribution in [-0.2, 0) is 11.2 Å². The van der Waals surface area contributed by atoms with Crippen molar-refractivity contribution in [3.05, 3.63) is 76.6 Å². The van der Waals surface area contributed by atoms with Gasteiger partial charge in [-0.2, -0.15) is 5.10 Å². The Morgan fingerprint density at radius 1 is 0.966 bits per heavy atom. The van der Waals surface area contributed by atoms with Crippen LogP contribution >= 0.6 is 11.6 Å². The van der Waals surface area contributed by atoms with Crippen LogP contribution in [0.5, 0.6) is 0 Å². The normalized spacial score (nSPS) is 14.3. The molecule has 2 aromatic carbocycles. The summed E-state index contributed by atoms with van der Waals surface area (Å²) in [5, 5.41) is 5.40. The summed E-state index contributed by atoms with van der Waals surface area (Å²) < 4.78 is 1.93. The number of benzene rings is 2. The fraction of sp³-hybridized carbons (Fsp3) is 0.304. The van der Waals surface area contributed by atoms with Crippen molar-refractivity contribution in [2.24, 2.45) is 0 Å². The molecule has 1 aromatic heterocycles. The molecule has 0 N–H and O–H groups in total. The van der Waals surface area contributed by atoms with Crippen LogP contribution in [-0.4, -0.2) is 46.8 Å². The van der Waals surface area contributed by atoms with Gasteiger partial charge >= 0.3 is 0 Å². The molecule has 1 saturated heterocycles. The molecule has 1 fully saturated rings. The van der Waals surface area contributed by atoms with E-state index in [-0.39, 0.29) is 5.91 Å². The summed E-state index contributed by atoms with van der Waals surface area (Å²) >= 11 is 6.11. The van der Waals surface area contributed by atoms with Crippen molar-refractivity contribution < 1.29 is 4.79 Å². The highest BCUT2D eigenvalue weighted by Gasteiger charge is 2.24. The van der Waals surface area contributed by atoms with Gasteiger partial charge in [0.2, 0.25) is 5.91 Å². The van der Waals surface area contributed by atoms with Crippen molar-refractivity contribution in [3.63, 3.8) is 0 Å². The van der Waals surface area contributed by atoms with Gasteiger partial charge in [-0.1, -0.05) is 35.9 Å². The lowest BCUT2D eigenvalue weighted by Crippen LogP contribution is -2.49. The number of hydrogen-bond donors (Lipinski definition) is 0. The number of carbonyl (C=O) groups excluding carboxylic acids is 1. The maximum Gasteiger partial charge on any atom is 0.227 e. The lowest BCUT2D eigenvalue weighted by Gasteiger charge is -2.36. The highest BCUT2D eigenvalue weighted by atomic mass is 35.5. The number of hydrogen-bond acceptors (Lipinski definition) is 3. The van der Waals surface area contributed by atoms with Gasteiger partial charge in [-0.05, 0) is 44.2 Å². The van der Waals surface area contributed by atoms with Crippen LogP contribution in [0.25, 0.3) is 5.69 Å². The molecule has 0 radical (unpaired) electrons. The van der Waals surface area contributed by atoms with Crippen LogP contribution in [0.1, 0.15) is 17.0 Å². The Hall–Kier alpha value is -2.79. The Morgan fingerprint density at radius 3 is 2.34 bits per heavy atom. The van der Waals surface area contributed by atoms with E-state index < -0.39 is 0 Å². The van der Waals surface area contributed by atoms with Crippen molar-refractivity contribution >= 4 is 23.2 Å². The van der Waals surface area contributed by atoms with Crippen LogP contribution in [0.15, 0.2) is 54.6 Å². The second-order valence-electron chi connectivity index (χ2n) is 7.42. The van der Waals surface area contributed by atoms with Gasteiger partial charge in [0.05, 0.1) is 17.8 Å². The van der Waals surface area contributed by atoms with Gasteiger partial charge in [-0.3, -0.25) is 4.79 Å². The molecule has 150 valence electrons. The van der Waals surface area contributed by atoms with E-state index in [1.165, 1.54) is 0 Å². The van der Waals surface area contributed by atoms with E-state index in [0.29, 0.717) is 6.42 Å². The number of para-hydroxylation sites is 1. The van der Waals surface area contributed by atoms with Crippen molar-refractivity contribution in [2.75, 3.05) is 31.1 Å². The summed E-state index contributed by atoms with van der Waals surface area (Å²) in [6.07, 6.45) is 0.391. The molecule has 0 bridgehead atoms. The van der Waals surface area contributed by atoms with Gasteiger partial charge in [0.1, 0.15) is 0 Å². The third-order valence-corrected chi connectivity index (χ3v) is 5.81. The number of amides is 1. The zero-order valence-electron chi connectivity index (χ0n) is 16.8. The Balaban J connectivity index is 1.42. The number of rotatable bonds is 4. The van der Waals surface area contributed by atoms with Gasteiger partial charge < -0.3 is 9.80 Å². The summed E-state index contributed by atoms with van der Waals surface area (Å²) in [7, 11) is 0. The minimum absolute atomic E-state index is 0.162. The molecule has 1 aliphatic heterocycles. The summed E-state index contributed by atoms with van der Waals surface area (Å²) in [6, 6.07) is 17.9. The predicted molar refractivity (Wildman–Crippen MR) is 117 cm³/mol. The van der Waals surface area contributed by atoms with Crippen molar-refractivity contribution in [1.82, 2.24) is 14.7 Å². The largest absolute Gasteiger partial charge is 0.368 e. The number of halogens is 1. The third kappa shape index (κ3) is 4.15. The Morgan fingerprint density at radius 2 is 1.66 bits per heavy atom. The lowest BCUT2D eigenvalue weighted by atomic mass is 10.1. The zero-order chi connectivity index (χ0) is 20.4.